The van der Waals surface area contributed by atoms with Crippen molar-refractivity contribution >= 4 is 11.8 Å². The van der Waals surface area contributed by atoms with Gasteiger partial charge in [-0.05, 0) is 48.9 Å². The summed E-state index contributed by atoms with van der Waals surface area (Å²) in [5.74, 6) is -0.624. The second-order valence-electron chi connectivity index (χ2n) is 7.91. The minimum Gasteiger partial charge on any atom is -0.346 e. The van der Waals surface area contributed by atoms with E-state index in [0.717, 1.165) is 31.2 Å². The smallest absolute Gasteiger partial charge is 0.226 e. The molecule has 2 aliphatic rings. The van der Waals surface area contributed by atoms with Crippen LogP contribution in [0.3, 0.4) is 0 Å². The molecule has 1 N–H and O–H groups in total. The first-order valence-electron chi connectivity index (χ1n) is 9.95. The predicted octanol–water partition coefficient (Wildman–Crippen LogP) is 3.41. The summed E-state index contributed by atoms with van der Waals surface area (Å²) in [5, 5.41) is 3.18. The van der Waals surface area contributed by atoms with Gasteiger partial charge in [0.1, 0.15) is 5.82 Å². The van der Waals surface area contributed by atoms with Crippen LogP contribution in [0.5, 0.6) is 0 Å². The Balaban J connectivity index is 1.37. The summed E-state index contributed by atoms with van der Waals surface area (Å²) in [6, 6.07) is 16.4. The number of nitrogens with one attached hydrogen (secondary N) is 1. The largest absolute Gasteiger partial charge is 0.346 e. The van der Waals surface area contributed by atoms with Crippen LogP contribution in [0.1, 0.15) is 36.8 Å². The van der Waals surface area contributed by atoms with Gasteiger partial charge in [-0.1, -0.05) is 42.5 Å². The fourth-order valence-electron chi connectivity index (χ4n) is 4.20. The number of likely N-dealkylation sites (tertiary alicyclic amines) is 1. The van der Waals surface area contributed by atoms with Crippen molar-refractivity contribution in [2.24, 2.45) is 5.92 Å². The van der Waals surface area contributed by atoms with Crippen LogP contribution < -0.4 is 5.32 Å². The Bertz CT molecular complexity index is 847. The minimum atomic E-state index is -0.411. The Kier molecular flexibility index (Phi) is 5.16. The van der Waals surface area contributed by atoms with E-state index in [2.05, 4.69) is 5.32 Å². The lowest BCUT2D eigenvalue weighted by Crippen LogP contribution is -2.52. The number of halogens is 1. The predicted molar refractivity (Wildman–Crippen MR) is 105 cm³/mol. The molecule has 1 atom stereocenters. The van der Waals surface area contributed by atoms with Crippen molar-refractivity contribution in [3.05, 3.63) is 71.5 Å². The number of nitrogens with zero attached hydrogens (tertiary/aromatic N) is 1. The molecule has 1 unspecified atom stereocenters. The van der Waals surface area contributed by atoms with Gasteiger partial charge in [0.25, 0.3) is 0 Å². The van der Waals surface area contributed by atoms with Crippen molar-refractivity contribution in [1.29, 1.82) is 0 Å². The van der Waals surface area contributed by atoms with Gasteiger partial charge in [0.2, 0.25) is 11.8 Å². The Hall–Kier alpha value is -2.69. The summed E-state index contributed by atoms with van der Waals surface area (Å²) in [5.41, 5.74) is 1.72. The Morgan fingerprint density at radius 3 is 2.46 bits per heavy atom. The maximum absolute atomic E-state index is 13.3. The fraction of sp³-hybridized carbons (Fsp3) is 0.391. The van der Waals surface area contributed by atoms with Gasteiger partial charge in [-0.2, -0.15) is 0 Å². The van der Waals surface area contributed by atoms with Gasteiger partial charge in [-0.25, -0.2) is 4.39 Å². The van der Waals surface area contributed by atoms with E-state index in [1.165, 1.54) is 17.7 Å². The van der Waals surface area contributed by atoms with E-state index in [1.807, 2.05) is 30.3 Å². The second-order valence-corrected chi connectivity index (χ2v) is 7.91. The van der Waals surface area contributed by atoms with Gasteiger partial charge in [0, 0.05) is 19.5 Å². The molecule has 28 heavy (non-hydrogen) atoms. The van der Waals surface area contributed by atoms with Gasteiger partial charge in [0.15, 0.2) is 0 Å². The number of benzene rings is 2. The first-order valence-corrected chi connectivity index (χ1v) is 9.95. The van der Waals surface area contributed by atoms with Crippen LogP contribution in [-0.2, 0) is 21.5 Å². The Morgan fingerprint density at radius 1 is 1.11 bits per heavy atom. The van der Waals surface area contributed by atoms with Crippen LogP contribution in [0.25, 0.3) is 0 Å². The lowest BCUT2D eigenvalue weighted by molar-refractivity contribution is -0.130. The third-order valence-electron chi connectivity index (χ3n) is 6.06. The molecular weight excluding hydrogens is 355 g/mol. The topological polar surface area (TPSA) is 49.4 Å². The first kappa shape index (κ1) is 18.7. The molecule has 0 radical (unpaired) electrons. The van der Waals surface area contributed by atoms with Crippen LogP contribution >= 0.6 is 0 Å². The summed E-state index contributed by atoms with van der Waals surface area (Å²) in [7, 11) is 0. The number of hydrogen-bond acceptors (Lipinski definition) is 2. The van der Waals surface area contributed by atoms with Crippen LogP contribution in [0.15, 0.2) is 54.6 Å². The molecule has 0 aromatic heterocycles. The van der Waals surface area contributed by atoms with Crippen molar-refractivity contribution < 1.29 is 14.0 Å². The molecule has 0 spiro atoms. The third-order valence-corrected chi connectivity index (χ3v) is 6.06. The van der Waals surface area contributed by atoms with Crippen molar-refractivity contribution in [3.8, 4) is 0 Å². The average Bonchev–Trinajstić information content (AvgIpc) is 3.05. The molecule has 0 bridgehead atoms. The van der Waals surface area contributed by atoms with Crippen molar-refractivity contribution in [1.82, 2.24) is 10.2 Å². The van der Waals surface area contributed by atoms with E-state index < -0.39 is 5.54 Å². The van der Waals surface area contributed by atoms with Crippen LogP contribution in [0, 0.1) is 11.7 Å². The summed E-state index contributed by atoms with van der Waals surface area (Å²) < 4.78 is 13.3. The van der Waals surface area contributed by atoms with Gasteiger partial charge < -0.3 is 10.2 Å². The van der Waals surface area contributed by atoms with Crippen LogP contribution in [-0.4, -0.2) is 29.8 Å². The monoisotopic (exact) mass is 380 g/mol. The lowest BCUT2D eigenvalue weighted by atomic mass is 9.71. The molecule has 1 heterocycles. The SMILES string of the molecule is O=C(NC1(c2ccc(F)cc2)CCC1)C1CC(=O)N(CCc2ccccc2)C1. The highest BCUT2D eigenvalue weighted by Crippen LogP contribution is 2.41. The zero-order valence-electron chi connectivity index (χ0n) is 15.9. The molecule has 2 amide bonds. The highest BCUT2D eigenvalue weighted by atomic mass is 19.1. The van der Waals surface area contributed by atoms with E-state index in [1.54, 1.807) is 17.0 Å². The zero-order chi connectivity index (χ0) is 19.6. The molecule has 1 saturated carbocycles. The van der Waals surface area contributed by atoms with Crippen molar-refractivity contribution in [2.75, 3.05) is 13.1 Å². The third kappa shape index (κ3) is 3.79. The molecule has 4 nitrogen and oxygen atoms in total. The van der Waals surface area contributed by atoms with Gasteiger partial charge >= 0.3 is 0 Å². The number of amides is 2. The zero-order valence-corrected chi connectivity index (χ0v) is 15.9. The first-order chi connectivity index (χ1) is 13.6. The molecule has 2 aromatic carbocycles. The molecule has 2 aromatic rings. The molecule has 1 aliphatic heterocycles. The number of carbonyl (C=O) groups is 2. The molecule has 4 rings (SSSR count). The van der Waals surface area contributed by atoms with E-state index >= 15 is 0 Å². The van der Waals surface area contributed by atoms with E-state index in [-0.39, 0.29) is 30.0 Å². The molecule has 5 heteroatoms. The normalized spacial score (nSPS) is 20.7. The summed E-state index contributed by atoms with van der Waals surface area (Å²) >= 11 is 0. The molecule has 146 valence electrons. The highest BCUT2D eigenvalue weighted by Gasteiger charge is 2.43. The van der Waals surface area contributed by atoms with Crippen LogP contribution in [0.4, 0.5) is 4.39 Å². The highest BCUT2D eigenvalue weighted by molar-refractivity contribution is 5.89. The number of hydrogen-bond donors (Lipinski definition) is 1. The van der Waals surface area contributed by atoms with E-state index in [9.17, 15) is 14.0 Å². The second kappa shape index (κ2) is 7.74. The van der Waals surface area contributed by atoms with E-state index in [0.29, 0.717) is 13.1 Å². The molecule has 2 fully saturated rings. The summed E-state index contributed by atoms with van der Waals surface area (Å²) in [4.78, 5) is 27.1. The molecular formula is C23H25FN2O2. The maximum atomic E-state index is 13.3. The maximum Gasteiger partial charge on any atom is 0.226 e. The molecule has 1 saturated heterocycles. The number of carbonyl (C=O) groups excluding carboxylic acids is 2. The van der Waals surface area contributed by atoms with Gasteiger partial charge in [-0.3, -0.25) is 9.59 Å². The summed E-state index contributed by atoms with van der Waals surface area (Å²) in [6.45, 7) is 1.10. The average molecular weight is 380 g/mol. The van der Waals surface area contributed by atoms with Gasteiger partial charge in [0.05, 0.1) is 11.5 Å². The van der Waals surface area contributed by atoms with Crippen molar-refractivity contribution in [3.63, 3.8) is 0 Å². The standard InChI is InChI=1S/C23H25FN2O2/c24-20-9-7-19(8-10-20)23(12-4-13-23)25-22(28)18-15-21(27)26(16-18)14-11-17-5-2-1-3-6-17/h1-3,5-10,18H,4,11-16H2,(H,25,28). The Morgan fingerprint density at radius 2 is 1.82 bits per heavy atom. The quantitative estimate of drug-likeness (QED) is 0.835. The lowest BCUT2D eigenvalue weighted by Gasteiger charge is -2.43. The van der Waals surface area contributed by atoms with Crippen molar-refractivity contribution in [2.45, 2.75) is 37.6 Å². The van der Waals surface area contributed by atoms with Gasteiger partial charge in [-0.15, -0.1) is 0 Å². The fourth-order valence-corrected chi connectivity index (χ4v) is 4.20. The minimum absolute atomic E-state index is 0.0422. The Labute approximate surface area is 164 Å². The summed E-state index contributed by atoms with van der Waals surface area (Å²) in [6.07, 6.45) is 3.79. The van der Waals surface area contributed by atoms with Crippen LogP contribution in [0.2, 0.25) is 0 Å². The van der Waals surface area contributed by atoms with E-state index in [4.69, 9.17) is 0 Å². The molecule has 1 aliphatic carbocycles. The number of rotatable bonds is 6.